The van der Waals surface area contributed by atoms with Crippen LogP contribution in [0.1, 0.15) is 13.3 Å². The van der Waals surface area contributed by atoms with E-state index >= 15 is 0 Å². The van der Waals surface area contributed by atoms with Crippen molar-refractivity contribution in [2.24, 2.45) is 0 Å². The molecule has 0 bridgehead atoms. The Morgan fingerprint density at radius 2 is 1.93 bits per heavy atom. The smallest absolute Gasteiger partial charge is 0.338 e. The highest BCUT2D eigenvalue weighted by Crippen LogP contribution is 2.36. The van der Waals surface area contributed by atoms with Crippen LogP contribution in [0.4, 0.5) is 11.4 Å². The van der Waals surface area contributed by atoms with Gasteiger partial charge < -0.3 is 18.8 Å². The minimum Gasteiger partial charge on any atom is -0.493 e. The predicted octanol–water partition coefficient (Wildman–Crippen LogP) is 4.44. The van der Waals surface area contributed by atoms with Crippen molar-refractivity contribution in [1.82, 2.24) is 0 Å². The molecule has 0 radical (unpaired) electrons. The highest BCUT2D eigenvalue weighted by atomic mass is 16.6. The third kappa shape index (κ3) is 4.06. The molecule has 28 heavy (non-hydrogen) atoms. The number of methoxy groups -OCH3 is 1. The van der Waals surface area contributed by atoms with Crippen LogP contribution in [0.3, 0.4) is 0 Å². The minimum absolute atomic E-state index is 0.171. The summed E-state index contributed by atoms with van der Waals surface area (Å²) in [4.78, 5) is 25.8. The van der Waals surface area contributed by atoms with E-state index < -0.39 is 5.63 Å². The Balaban J connectivity index is 2.01. The lowest BCUT2D eigenvalue weighted by Gasteiger charge is -2.22. The number of hydrogen-bond acceptors (Lipinski definition) is 6. The molecule has 0 aliphatic carbocycles. The molecule has 1 aromatic heterocycles. The maximum Gasteiger partial charge on any atom is 0.338 e. The molecule has 1 heterocycles. The van der Waals surface area contributed by atoms with Gasteiger partial charge in [0, 0.05) is 30.3 Å². The van der Waals surface area contributed by atoms with Crippen molar-refractivity contribution in [3.05, 3.63) is 71.1 Å². The zero-order valence-corrected chi connectivity index (χ0v) is 16.0. The summed E-state index contributed by atoms with van der Waals surface area (Å²) in [7, 11) is 3.34. The fourth-order valence-corrected chi connectivity index (χ4v) is 2.84. The van der Waals surface area contributed by atoms with E-state index in [1.165, 1.54) is 13.2 Å². The largest absolute Gasteiger partial charge is 0.493 e. The van der Waals surface area contributed by atoms with Crippen molar-refractivity contribution in [3.63, 3.8) is 0 Å². The van der Waals surface area contributed by atoms with E-state index in [0.717, 1.165) is 11.1 Å². The normalized spacial score (nSPS) is 11.0. The van der Waals surface area contributed by atoms with Crippen LogP contribution in [-0.4, -0.2) is 20.1 Å². The van der Waals surface area contributed by atoms with Gasteiger partial charge in [0.1, 0.15) is 5.58 Å². The molecule has 0 saturated carbocycles. The molecular weight excluding hydrogens is 358 g/mol. The number of carbonyl (C=O) groups excluding carboxylic acids is 1. The first kappa shape index (κ1) is 19.2. The van der Waals surface area contributed by atoms with Crippen molar-refractivity contribution < 1.29 is 18.7 Å². The zero-order valence-electron chi connectivity index (χ0n) is 16.0. The molecule has 0 atom stereocenters. The molecule has 0 saturated heterocycles. The third-order valence-electron chi connectivity index (χ3n) is 4.27. The molecular formula is C22H21NO5. The van der Waals surface area contributed by atoms with Crippen molar-refractivity contribution in [2.75, 3.05) is 19.1 Å². The van der Waals surface area contributed by atoms with Gasteiger partial charge in [-0.2, -0.15) is 0 Å². The molecule has 0 fully saturated rings. The Labute approximate surface area is 162 Å². The summed E-state index contributed by atoms with van der Waals surface area (Å²) in [6.45, 7) is 1.84. The van der Waals surface area contributed by atoms with Crippen LogP contribution in [0.5, 0.6) is 11.5 Å². The second-order valence-electron chi connectivity index (χ2n) is 6.09. The van der Waals surface area contributed by atoms with Crippen molar-refractivity contribution in [3.8, 4) is 11.5 Å². The number of carbonyl (C=O) groups is 1. The standard InChI is InChI=1S/C22H21NO5/c1-4-5-10-21(24)28-20-13-15(11-12-19(20)26-3)23(2)17-14-22(25)27-18-9-7-6-8-16(17)18/h4-9,11-14H,10H2,1-3H3. The average molecular weight is 379 g/mol. The number of rotatable bonds is 6. The van der Waals surface area contributed by atoms with Gasteiger partial charge in [-0.05, 0) is 31.2 Å². The highest BCUT2D eigenvalue weighted by molar-refractivity contribution is 5.92. The predicted molar refractivity (Wildman–Crippen MR) is 109 cm³/mol. The summed E-state index contributed by atoms with van der Waals surface area (Å²) in [5.74, 6) is 0.374. The van der Waals surface area contributed by atoms with E-state index in [-0.39, 0.29) is 12.4 Å². The van der Waals surface area contributed by atoms with Gasteiger partial charge in [0.2, 0.25) is 0 Å². The van der Waals surface area contributed by atoms with Gasteiger partial charge in [0.05, 0.1) is 19.2 Å². The molecule has 0 unspecified atom stereocenters. The lowest BCUT2D eigenvalue weighted by Crippen LogP contribution is -2.14. The Morgan fingerprint density at radius 1 is 1.14 bits per heavy atom. The lowest BCUT2D eigenvalue weighted by molar-refractivity contribution is -0.133. The third-order valence-corrected chi connectivity index (χ3v) is 4.27. The zero-order chi connectivity index (χ0) is 20.1. The topological polar surface area (TPSA) is 69.0 Å². The number of benzene rings is 2. The molecule has 6 heteroatoms. The van der Waals surface area contributed by atoms with Gasteiger partial charge in [0.25, 0.3) is 0 Å². The van der Waals surface area contributed by atoms with E-state index in [0.29, 0.717) is 22.8 Å². The Kier molecular flexibility index (Phi) is 5.79. The first-order chi connectivity index (χ1) is 13.5. The summed E-state index contributed by atoms with van der Waals surface area (Å²) >= 11 is 0. The second kappa shape index (κ2) is 8.43. The fraction of sp³-hybridized carbons (Fsp3) is 0.182. The minimum atomic E-state index is -0.438. The van der Waals surface area contributed by atoms with E-state index in [4.69, 9.17) is 13.9 Å². The monoisotopic (exact) mass is 379 g/mol. The molecule has 144 valence electrons. The highest BCUT2D eigenvalue weighted by Gasteiger charge is 2.15. The van der Waals surface area contributed by atoms with Gasteiger partial charge in [0.15, 0.2) is 11.5 Å². The van der Waals surface area contributed by atoms with Gasteiger partial charge in [-0.15, -0.1) is 0 Å². The van der Waals surface area contributed by atoms with Gasteiger partial charge in [-0.25, -0.2) is 4.79 Å². The quantitative estimate of drug-likeness (QED) is 0.273. The van der Waals surface area contributed by atoms with Gasteiger partial charge in [-0.3, -0.25) is 4.79 Å². The second-order valence-corrected chi connectivity index (χ2v) is 6.09. The molecule has 3 rings (SSSR count). The Hall–Kier alpha value is -3.54. The maximum absolute atomic E-state index is 12.0. The molecule has 0 aliphatic heterocycles. The van der Waals surface area contributed by atoms with E-state index in [1.807, 2.05) is 43.1 Å². The summed E-state index contributed by atoms with van der Waals surface area (Å²) < 4.78 is 16.0. The fourth-order valence-electron chi connectivity index (χ4n) is 2.84. The number of allylic oxidation sites excluding steroid dienone is 1. The van der Waals surface area contributed by atoms with Crippen LogP contribution in [0, 0.1) is 0 Å². The first-order valence-corrected chi connectivity index (χ1v) is 8.80. The number of ether oxygens (including phenoxy) is 2. The van der Waals surface area contributed by atoms with Crippen LogP contribution in [-0.2, 0) is 4.79 Å². The van der Waals surface area contributed by atoms with E-state index in [1.54, 1.807) is 30.4 Å². The maximum atomic E-state index is 12.0. The van der Waals surface area contributed by atoms with Crippen LogP contribution in [0.2, 0.25) is 0 Å². The SMILES string of the molecule is CC=CCC(=O)Oc1cc(N(C)c2cc(=O)oc3ccccc23)ccc1OC. The molecule has 0 aliphatic rings. The summed E-state index contributed by atoms with van der Waals surface area (Å²) in [5, 5.41) is 0.798. The van der Waals surface area contributed by atoms with Crippen LogP contribution < -0.4 is 20.0 Å². The van der Waals surface area contributed by atoms with E-state index in [9.17, 15) is 9.59 Å². The number of anilines is 2. The summed E-state index contributed by atoms with van der Waals surface area (Å²) in [6, 6.07) is 14.0. The molecule has 2 aromatic carbocycles. The van der Waals surface area contributed by atoms with Crippen molar-refractivity contribution in [1.29, 1.82) is 0 Å². The average Bonchev–Trinajstić information content (AvgIpc) is 2.71. The number of fused-ring (bicyclic) bond motifs is 1. The molecule has 0 spiro atoms. The number of hydrogen-bond donors (Lipinski definition) is 0. The van der Waals surface area contributed by atoms with Crippen LogP contribution in [0.25, 0.3) is 11.0 Å². The summed E-state index contributed by atoms with van der Waals surface area (Å²) in [5.41, 5.74) is 1.48. The molecule has 0 N–H and O–H groups in total. The first-order valence-electron chi connectivity index (χ1n) is 8.80. The molecule has 6 nitrogen and oxygen atoms in total. The Bertz CT molecular complexity index is 1080. The number of nitrogens with zero attached hydrogens (tertiary/aromatic N) is 1. The van der Waals surface area contributed by atoms with Gasteiger partial charge in [-0.1, -0.05) is 24.3 Å². The molecule has 3 aromatic rings. The van der Waals surface area contributed by atoms with Gasteiger partial charge >= 0.3 is 11.6 Å². The van der Waals surface area contributed by atoms with Crippen molar-refractivity contribution >= 4 is 28.3 Å². The van der Waals surface area contributed by atoms with Crippen LogP contribution in [0.15, 0.2) is 69.9 Å². The van der Waals surface area contributed by atoms with E-state index in [2.05, 4.69) is 0 Å². The Morgan fingerprint density at radius 3 is 2.68 bits per heavy atom. The van der Waals surface area contributed by atoms with Crippen molar-refractivity contribution in [2.45, 2.75) is 13.3 Å². The lowest BCUT2D eigenvalue weighted by atomic mass is 10.1. The van der Waals surface area contributed by atoms with Crippen LogP contribution >= 0.6 is 0 Å². The summed E-state index contributed by atoms with van der Waals surface area (Å²) in [6.07, 6.45) is 3.68. The number of esters is 1. The number of para-hydroxylation sites is 1. The molecule has 0 amide bonds.